The molecule has 0 radical (unpaired) electrons. The average molecular weight is 385 g/mol. The molecular weight excluding hydrogens is 365 g/mol. The van der Waals surface area contributed by atoms with Crippen molar-refractivity contribution in [2.24, 2.45) is 5.92 Å². The minimum atomic E-state index is -4.00. The quantitative estimate of drug-likeness (QED) is 0.712. The van der Waals surface area contributed by atoms with Crippen LogP contribution in [0.5, 0.6) is 0 Å². The second-order valence-corrected chi connectivity index (χ2v) is 8.28. The molecule has 0 bridgehead atoms. The van der Waals surface area contributed by atoms with Gasteiger partial charge >= 0.3 is 12.0 Å². The molecule has 1 aliphatic carbocycles. The smallest absolute Gasteiger partial charge is 0.321 e. The van der Waals surface area contributed by atoms with Crippen molar-refractivity contribution in [1.82, 2.24) is 9.62 Å². The fourth-order valence-electron chi connectivity index (χ4n) is 2.84. The molecule has 3 N–H and O–H groups in total. The summed E-state index contributed by atoms with van der Waals surface area (Å²) >= 11 is 0. The highest BCUT2D eigenvalue weighted by molar-refractivity contribution is 7.89. The number of anilines is 1. The Morgan fingerprint density at radius 1 is 1.23 bits per heavy atom. The van der Waals surface area contributed by atoms with Crippen LogP contribution < -0.4 is 10.0 Å². The number of sulfonamides is 1. The number of carboxylic acid groups (broad SMARTS) is 1. The molecule has 0 spiro atoms. The highest BCUT2D eigenvalue weighted by Crippen LogP contribution is 2.25. The van der Waals surface area contributed by atoms with Crippen molar-refractivity contribution in [3.8, 4) is 0 Å². The Morgan fingerprint density at radius 2 is 1.96 bits per heavy atom. The number of nitrogens with one attached hydrogen (secondary N) is 2. The Balaban J connectivity index is 1.72. The Morgan fingerprint density at radius 3 is 2.62 bits per heavy atom. The third-order valence-electron chi connectivity index (χ3n) is 4.43. The molecule has 8 nitrogen and oxygen atoms in total. The normalized spacial score (nSPS) is 20.7. The summed E-state index contributed by atoms with van der Waals surface area (Å²) < 4.78 is 40.8. The van der Waals surface area contributed by atoms with Crippen LogP contribution in [-0.4, -0.2) is 49.6 Å². The van der Waals surface area contributed by atoms with E-state index in [9.17, 15) is 22.4 Å². The Bertz CT molecular complexity index is 825. The van der Waals surface area contributed by atoms with E-state index in [2.05, 4.69) is 10.0 Å². The predicted octanol–water partition coefficient (Wildman–Crippen LogP) is 1.59. The van der Waals surface area contributed by atoms with Gasteiger partial charge in [-0.1, -0.05) is 0 Å². The lowest BCUT2D eigenvalue weighted by atomic mass is 9.99. The molecule has 1 saturated heterocycles. The van der Waals surface area contributed by atoms with E-state index in [4.69, 9.17) is 5.11 Å². The Hall–Kier alpha value is -2.20. The number of likely N-dealkylation sites (tertiary alicyclic amines) is 1. The molecule has 0 aromatic heterocycles. The van der Waals surface area contributed by atoms with Crippen LogP contribution >= 0.6 is 0 Å². The summed E-state index contributed by atoms with van der Waals surface area (Å²) in [6.07, 6.45) is 2.51. The maximum Gasteiger partial charge on any atom is 0.321 e. The van der Waals surface area contributed by atoms with Gasteiger partial charge in [0, 0.05) is 24.8 Å². The van der Waals surface area contributed by atoms with E-state index in [0.29, 0.717) is 19.4 Å². The average Bonchev–Trinajstić information content (AvgIpc) is 3.39. The van der Waals surface area contributed by atoms with Gasteiger partial charge in [-0.2, -0.15) is 0 Å². The number of hydrogen-bond donors (Lipinski definition) is 3. The van der Waals surface area contributed by atoms with Crippen molar-refractivity contribution in [3.05, 3.63) is 24.0 Å². The van der Waals surface area contributed by atoms with Crippen LogP contribution in [0, 0.1) is 11.7 Å². The van der Waals surface area contributed by atoms with Crippen LogP contribution in [0.2, 0.25) is 0 Å². The van der Waals surface area contributed by atoms with E-state index in [1.807, 2.05) is 0 Å². The Labute approximate surface area is 150 Å². The van der Waals surface area contributed by atoms with E-state index >= 15 is 0 Å². The molecular formula is C16H20FN3O5S. The number of nitrogens with zero attached hydrogens (tertiary/aromatic N) is 1. The molecule has 1 saturated carbocycles. The van der Waals surface area contributed by atoms with Crippen LogP contribution in [0.3, 0.4) is 0 Å². The second kappa shape index (κ2) is 7.20. The molecule has 1 unspecified atom stereocenters. The first-order valence-corrected chi connectivity index (χ1v) is 9.85. The number of urea groups is 1. The summed E-state index contributed by atoms with van der Waals surface area (Å²) in [5.74, 6) is -2.48. The van der Waals surface area contributed by atoms with Gasteiger partial charge in [0.2, 0.25) is 10.0 Å². The zero-order valence-electron chi connectivity index (χ0n) is 13.9. The maximum atomic E-state index is 14.0. The van der Waals surface area contributed by atoms with Crippen molar-refractivity contribution in [3.63, 3.8) is 0 Å². The molecule has 1 heterocycles. The summed E-state index contributed by atoms with van der Waals surface area (Å²) in [5, 5.41) is 11.6. The summed E-state index contributed by atoms with van der Waals surface area (Å²) in [6, 6.07) is 2.60. The van der Waals surface area contributed by atoms with Crippen molar-refractivity contribution >= 4 is 27.7 Å². The van der Waals surface area contributed by atoms with E-state index in [-0.39, 0.29) is 18.3 Å². The topological polar surface area (TPSA) is 116 Å². The van der Waals surface area contributed by atoms with Crippen molar-refractivity contribution in [2.75, 3.05) is 18.4 Å². The first kappa shape index (κ1) is 18.6. The number of piperidine rings is 1. The number of halogens is 1. The largest absolute Gasteiger partial charge is 0.481 e. The van der Waals surface area contributed by atoms with E-state index < -0.39 is 38.7 Å². The third-order valence-corrected chi connectivity index (χ3v) is 5.96. The highest BCUT2D eigenvalue weighted by atomic mass is 32.2. The van der Waals surface area contributed by atoms with Crippen molar-refractivity contribution in [2.45, 2.75) is 36.6 Å². The molecule has 26 heavy (non-hydrogen) atoms. The first-order valence-electron chi connectivity index (χ1n) is 8.37. The number of rotatable bonds is 5. The lowest BCUT2D eigenvalue weighted by molar-refractivity contribution is -0.143. The van der Waals surface area contributed by atoms with E-state index in [1.54, 1.807) is 0 Å². The third kappa shape index (κ3) is 4.31. The molecule has 1 atom stereocenters. The summed E-state index contributed by atoms with van der Waals surface area (Å²) in [4.78, 5) is 24.3. The fourth-order valence-corrected chi connectivity index (χ4v) is 4.25. The molecule has 2 amide bonds. The van der Waals surface area contributed by atoms with E-state index in [0.717, 1.165) is 25.0 Å². The van der Waals surface area contributed by atoms with Gasteiger partial charge in [-0.15, -0.1) is 0 Å². The first-order chi connectivity index (χ1) is 12.3. The molecule has 1 aromatic rings. The number of amides is 2. The summed E-state index contributed by atoms with van der Waals surface area (Å²) in [6.45, 7) is 0.488. The second-order valence-electron chi connectivity index (χ2n) is 6.59. The highest BCUT2D eigenvalue weighted by Gasteiger charge is 2.31. The number of carbonyl (C=O) groups excluding carboxylic acids is 1. The van der Waals surface area contributed by atoms with Gasteiger partial charge < -0.3 is 15.3 Å². The van der Waals surface area contributed by atoms with Gasteiger partial charge in [0.15, 0.2) is 0 Å². The van der Waals surface area contributed by atoms with Crippen molar-refractivity contribution < 1.29 is 27.5 Å². The molecule has 2 fully saturated rings. The molecule has 2 aliphatic rings. The number of carboxylic acids is 1. The van der Waals surface area contributed by atoms with Gasteiger partial charge in [-0.05, 0) is 43.9 Å². The fraction of sp³-hybridized carbons (Fsp3) is 0.500. The number of carbonyl (C=O) groups is 2. The zero-order valence-corrected chi connectivity index (χ0v) is 14.8. The number of benzene rings is 1. The van der Waals surface area contributed by atoms with Crippen LogP contribution in [0.1, 0.15) is 25.7 Å². The van der Waals surface area contributed by atoms with Gasteiger partial charge in [-0.3, -0.25) is 4.79 Å². The lowest BCUT2D eigenvalue weighted by Gasteiger charge is -2.30. The van der Waals surface area contributed by atoms with Crippen LogP contribution in [0.25, 0.3) is 0 Å². The summed E-state index contributed by atoms with van der Waals surface area (Å²) in [5.41, 5.74) is 0.130. The molecule has 10 heteroatoms. The van der Waals surface area contributed by atoms with E-state index in [1.165, 1.54) is 11.0 Å². The van der Waals surface area contributed by atoms with Crippen LogP contribution in [0.4, 0.5) is 14.9 Å². The van der Waals surface area contributed by atoms with Gasteiger partial charge in [0.05, 0.1) is 5.92 Å². The molecule has 3 rings (SSSR count). The predicted molar refractivity (Wildman–Crippen MR) is 90.7 cm³/mol. The Kier molecular flexibility index (Phi) is 5.15. The monoisotopic (exact) mass is 385 g/mol. The summed E-state index contributed by atoms with van der Waals surface area (Å²) in [7, 11) is -4.00. The minimum Gasteiger partial charge on any atom is -0.481 e. The van der Waals surface area contributed by atoms with Gasteiger partial charge in [0.25, 0.3) is 0 Å². The lowest BCUT2D eigenvalue weighted by Crippen LogP contribution is -2.44. The van der Waals surface area contributed by atoms with Gasteiger partial charge in [-0.25, -0.2) is 22.3 Å². The minimum absolute atomic E-state index is 0.0801. The standard InChI is InChI=1S/C16H20FN3O5S/c17-13-6-5-12(8-14(13)26(24,25)19-11-3-4-11)18-16(23)20-7-1-2-10(9-20)15(21)22/h5-6,8,10-11,19H,1-4,7,9H2,(H,18,23)(H,21,22). The van der Waals surface area contributed by atoms with Crippen LogP contribution in [0.15, 0.2) is 23.1 Å². The molecule has 142 valence electrons. The van der Waals surface area contributed by atoms with Gasteiger partial charge in [0.1, 0.15) is 10.7 Å². The maximum absolute atomic E-state index is 14.0. The number of aliphatic carboxylic acids is 1. The molecule has 1 aliphatic heterocycles. The molecule has 1 aromatic carbocycles. The van der Waals surface area contributed by atoms with Crippen LogP contribution in [-0.2, 0) is 14.8 Å². The van der Waals surface area contributed by atoms with Crippen molar-refractivity contribution in [1.29, 1.82) is 0 Å². The zero-order chi connectivity index (χ0) is 18.9. The number of hydrogen-bond acceptors (Lipinski definition) is 4. The SMILES string of the molecule is O=C(O)C1CCCN(C(=O)Nc2ccc(F)c(S(=O)(=O)NC3CC3)c2)C1.